The van der Waals surface area contributed by atoms with E-state index in [1.165, 1.54) is 70.8 Å². The second-order valence-electron chi connectivity index (χ2n) is 23.5. The maximum Gasteiger partial charge on any atom is 0.294 e. The van der Waals surface area contributed by atoms with E-state index in [4.69, 9.17) is 18.2 Å². The molecule has 5 aliphatic heterocycles. The first-order valence-electron chi connectivity index (χ1n) is 30.2. The van der Waals surface area contributed by atoms with Crippen LogP contribution in [0.1, 0.15) is 45.0 Å². The van der Waals surface area contributed by atoms with E-state index in [1.807, 2.05) is 27.7 Å². The molecule has 13 rings (SSSR count). The van der Waals surface area contributed by atoms with Crippen molar-refractivity contribution in [1.82, 2.24) is 39.5 Å². The number of aromatic amines is 4. The molecular weight excluding hydrogens is 1300 g/mol. The molecule has 0 unspecified atom stereocenters. The molecule has 500 valence electrons. The number of nitrogens with one attached hydrogen (secondary N) is 4. The lowest BCUT2D eigenvalue weighted by Crippen LogP contribution is -2.22. The highest BCUT2D eigenvalue weighted by Crippen LogP contribution is 2.31. The number of rotatable bonds is 8. The standard InChI is InChI=1S/C44H44N8.4C7H8O3S/c1-49-21-13-29(14-22-49)41-33-5-7-35(45-33)42(30-15-23-50(2)24-16-30)37-9-11-39(47-37)44(32-19-27-52(4)28-20-32)40-12-10-38(48-40)43(36-8-6-34(41)46-36)31-17-25-51(3)26-18-31;4*1-6-2-4-7(5-3-6)11(8,9)10/h5-21,23,25,27,45-48H,22,24,26,28H2,1-4H3;4*2-5H,1H3,(H,8,9,10). The number of likely N-dealkylation sites (N-methyl/N-ethyl adjacent to an activating group) is 4. The zero-order valence-corrected chi connectivity index (χ0v) is 57.4. The maximum atomic E-state index is 10.5. The Morgan fingerprint density at radius 3 is 0.625 bits per heavy atom. The van der Waals surface area contributed by atoms with Gasteiger partial charge in [-0.15, -0.1) is 0 Å². The summed E-state index contributed by atoms with van der Waals surface area (Å²) in [6.45, 7) is 10.7. The molecule has 8 bridgehead atoms. The van der Waals surface area contributed by atoms with Gasteiger partial charge in [0.1, 0.15) is 0 Å². The van der Waals surface area contributed by atoms with Gasteiger partial charge in [-0.2, -0.15) is 33.7 Å². The Morgan fingerprint density at radius 1 is 0.281 bits per heavy atom. The van der Waals surface area contributed by atoms with E-state index < -0.39 is 40.5 Å². The molecule has 8 aromatic rings. The molecule has 20 nitrogen and oxygen atoms in total. The van der Waals surface area contributed by atoms with Gasteiger partial charge in [0.15, 0.2) is 0 Å². The van der Waals surface area contributed by atoms with Crippen LogP contribution >= 0.6 is 0 Å². The summed E-state index contributed by atoms with van der Waals surface area (Å²) in [7, 11) is -7.64. The van der Waals surface area contributed by atoms with Crippen LogP contribution in [0, 0.1) is 27.7 Å². The Morgan fingerprint density at radius 2 is 0.469 bits per heavy atom. The number of aromatic nitrogens is 4. The molecule has 8 N–H and O–H groups in total. The van der Waals surface area contributed by atoms with Gasteiger partial charge >= 0.3 is 0 Å². The first-order valence-corrected chi connectivity index (χ1v) is 35.9. The van der Waals surface area contributed by atoms with Crippen molar-refractivity contribution in [2.75, 3.05) is 54.4 Å². The fraction of sp³-hybridized carbons (Fsp3) is 0.167. The van der Waals surface area contributed by atoms with E-state index >= 15 is 0 Å². The molecule has 0 saturated heterocycles. The highest BCUT2D eigenvalue weighted by atomic mass is 32.2. The van der Waals surface area contributed by atoms with Crippen molar-refractivity contribution in [1.29, 1.82) is 0 Å². The largest absolute Gasteiger partial charge is 0.377 e. The van der Waals surface area contributed by atoms with Crippen LogP contribution in [0.3, 0.4) is 0 Å². The fourth-order valence-electron chi connectivity index (χ4n) is 10.5. The van der Waals surface area contributed by atoms with Crippen molar-refractivity contribution in [3.8, 4) is 0 Å². The lowest BCUT2D eigenvalue weighted by atomic mass is 10.0. The van der Waals surface area contributed by atoms with Crippen LogP contribution in [-0.2, 0) is 40.5 Å². The number of allylic oxidation sites excluding steroid dienone is 8. The van der Waals surface area contributed by atoms with Crippen LogP contribution in [0.15, 0.2) is 261 Å². The monoisotopic (exact) mass is 1370 g/mol. The summed E-state index contributed by atoms with van der Waals surface area (Å²) < 4.78 is 118. The molecule has 0 atom stereocenters. The van der Waals surface area contributed by atoms with Crippen LogP contribution in [0.25, 0.3) is 22.3 Å². The third-order valence-corrected chi connectivity index (χ3v) is 19.2. The first kappa shape index (κ1) is 70.6. The molecule has 9 heterocycles. The van der Waals surface area contributed by atoms with Gasteiger partial charge in [-0.3, -0.25) is 18.2 Å². The molecule has 0 spiro atoms. The van der Waals surface area contributed by atoms with Gasteiger partial charge < -0.3 is 39.5 Å². The Bertz CT molecular complexity index is 4560. The van der Waals surface area contributed by atoms with Crippen molar-refractivity contribution in [2.45, 2.75) is 47.3 Å². The average molecular weight is 1370 g/mol. The van der Waals surface area contributed by atoms with E-state index in [0.29, 0.717) is 0 Å². The molecule has 0 radical (unpaired) electrons. The Hall–Kier alpha value is -9.76. The Balaban J connectivity index is 0.000000196. The van der Waals surface area contributed by atoms with Crippen LogP contribution in [0.2, 0.25) is 0 Å². The normalized spacial score (nSPS) is 15.4. The predicted octanol–water partition coefficient (Wildman–Crippen LogP) is 8.62. The van der Waals surface area contributed by atoms with Gasteiger partial charge in [0.25, 0.3) is 40.5 Å². The van der Waals surface area contributed by atoms with Gasteiger partial charge in [0, 0.05) is 121 Å². The van der Waals surface area contributed by atoms with E-state index in [0.717, 1.165) is 115 Å². The quantitative estimate of drug-likeness (QED) is 0.0661. The summed E-state index contributed by atoms with van der Waals surface area (Å²) in [5.74, 6) is 0. The van der Waals surface area contributed by atoms with Crippen LogP contribution < -0.4 is 21.4 Å². The van der Waals surface area contributed by atoms with Crippen LogP contribution in [-0.4, -0.2) is 146 Å². The number of benzene rings is 4. The van der Waals surface area contributed by atoms with Crippen LogP contribution in [0.4, 0.5) is 0 Å². The minimum absolute atomic E-state index is 0.0666. The van der Waals surface area contributed by atoms with Crippen molar-refractivity contribution in [3.05, 3.63) is 308 Å². The summed E-state index contributed by atoms with van der Waals surface area (Å²) in [5, 5.41) is 4.25. The topological polar surface area (TPSA) is 294 Å². The number of H-pyrrole nitrogens is 4. The lowest BCUT2D eigenvalue weighted by Gasteiger charge is -2.20. The first-order chi connectivity index (χ1) is 45.4. The Kier molecular flexibility index (Phi) is 22.0. The molecule has 0 fully saturated rings. The number of fused-ring (bicyclic) bond motifs is 8. The Labute approximate surface area is 560 Å². The minimum Gasteiger partial charge on any atom is -0.377 e. The van der Waals surface area contributed by atoms with Gasteiger partial charge in [-0.25, -0.2) is 0 Å². The molecular formula is C72H76N8O12S4. The third kappa shape index (κ3) is 18.4. The summed E-state index contributed by atoms with van der Waals surface area (Å²) in [4.78, 5) is 24.1. The molecule has 4 aromatic heterocycles. The summed E-state index contributed by atoms with van der Waals surface area (Å²) in [6, 6.07) is 41.8. The summed E-state index contributed by atoms with van der Waals surface area (Å²) in [6.07, 6.45) is 26.8. The highest BCUT2D eigenvalue weighted by Gasteiger charge is 2.22. The van der Waals surface area contributed by atoms with Crippen molar-refractivity contribution in [3.63, 3.8) is 0 Å². The summed E-state index contributed by atoms with van der Waals surface area (Å²) in [5.41, 5.74) is 17.4. The summed E-state index contributed by atoms with van der Waals surface area (Å²) >= 11 is 0. The van der Waals surface area contributed by atoms with E-state index in [9.17, 15) is 33.7 Å². The fourth-order valence-corrected chi connectivity index (χ4v) is 12.4. The van der Waals surface area contributed by atoms with Crippen molar-refractivity contribution < 1.29 is 51.9 Å². The van der Waals surface area contributed by atoms with Gasteiger partial charge in [-0.05, 0) is 196 Å². The zero-order chi connectivity index (χ0) is 69.3. The average Bonchev–Trinajstić information content (AvgIpc) is 1.61. The molecule has 4 aromatic carbocycles. The third-order valence-electron chi connectivity index (χ3n) is 15.8. The van der Waals surface area contributed by atoms with Crippen LogP contribution in [0.5, 0.6) is 0 Å². The van der Waals surface area contributed by atoms with Crippen molar-refractivity contribution >= 4 is 62.8 Å². The molecule has 24 heteroatoms. The predicted molar refractivity (Wildman–Crippen MR) is 375 cm³/mol. The van der Waals surface area contributed by atoms with Gasteiger partial charge in [-0.1, -0.05) is 95.1 Å². The highest BCUT2D eigenvalue weighted by molar-refractivity contribution is 7.86. The van der Waals surface area contributed by atoms with Gasteiger partial charge in [0.2, 0.25) is 0 Å². The minimum atomic E-state index is -4.02. The van der Waals surface area contributed by atoms with Gasteiger partial charge in [0.05, 0.1) is 19.6 Å². The van der Waals surface area contributed by atoms with Crippen molar-refractivity contribution in [2.24, 2.45) is 0 Å². The number of aryl methyl sites for hydroxylation is 4. The smallest absolute Gasteiger partial charge is 0.294 e. The maximum absolute atomic E-state index is 10.5. The molecule has 96 heavy (non-hydrogen) atoms. The number of hydrogen-bond donors (Lipinski definition) is 8. The zero-order valence-electron chi connectivity index (χ0n) is 54.1. The number of hydrogen-bond acceptors (Lipinski definition) is 12. The SMILES string of the molecule is CN1C=CC(C2=c3ccc([nH]3)=C(C3=CCN(C)C=C3)c3ccc([nH]3)C(C3=CCN(C)C=C3)=c3ccc([nH]3)=C(C3=CCN(C)C=C3)c3ccc2[nH]3)=CC1.Cc1ccc(S(=O)(=O)O)cc1.Cc1ccc(S(=O)(=O)O)cc1.Cc1ccc(S(=O)(=O)O)cc1.Cc1ccc(S(=O)(=O)O)cc1. The number of nitrogens with zero attached hydrogens (tertiary/aromatic N) is 4. The van der Waals surface area contributed by atoms with E-state index in [1.54, 1.807) is 48.5 Å². The molecule has 5 aliphatic rings. The lowest BCUT2D eigenvalue weighted by molar-refractivity contribution is 0.481. The molecule has 0 aliphatic carbocycles. The molecule has 0 amide bonds. The van der Waals surface area contributed by atoms with E-state index in [2.05, 4.69) is 190 Å². The second-order valence-corrected chi connectivity index (χ2v) is 29.1. The molecule has 0 saturated carbocycles. The van der Waals surface area contributed by atoms with E-state index in [-0.39, 0.29) is 19.6 Å². The second kappa shape index (κ2) is 29.9.